The Hall–Kier alpha value is -2.74. The minimum absolute atomic E-state index is 0.00299. The first-order valence-corrected chi connectivity index (χ1v) is 8.18. The van der Waals surface area contributed by atoms with E-state index in [0.717, 1.165) is 12.8 Å². The molecule has 0 bridgehead atoms. The van der Waals surface area contributed by atoms with Gasteiger partial charge in [0.05, 0.1) is 18.9 Å². The second kappa shape index (κ2) is 7.89. The molecule has 1 unspecified atom stereocenters. The minimum Gasteiger partial charge on any atom is -0.476 e. The molecule has 1 aromatic carbocycles. The fourth-order valence-corrected chi connectivity index (χ4v) is 2.81. The average Bonchev–Trinajstić information content (AvgIpc) is 3.10. The Bertz CT molecular complexity index is 731. The molecule has 1 aliphatic heterocycles. The third-order valence-electron chi connectivity index (χ3n) is 4.14. The van der Waals surface area contributed by atoms with Crippen LogP contribution in [0.1, 0.15) is 22.5 Å². The lowest BCUT2D eigenvalue weighted by molar-refractivity contribution is -0.139. The summed E-state index contributed by atoms with van der Waals surface area (Å²) in [6, 6.07) is 10.2. The van der Waals surface area contributed by atoms with Gasteiger partial charge in [-0.2, -0.15) is 0 Å². The third-order valence-corrected chi connectivity index (χ3v) is 4.14. The minimum atomic E-state index is -1.16. The van der Waals surface area contributed by atoms with Crippen molar-refractivity contribution in [2.75, 3.05) is 19.7 Å². The number of carboxylic acids is 1. The number of nitrogens with zero attached hydrogens (tertiary/aromatic N) is 4. The summed E-state index contributed by atoms with van der Waals surface area (Å²) in [5.74, 6) is -1.28. The average molecular weight is 344 g/mol. The van der Waals surface area contributed by atoms with Crippen LogP contribution < -0.4 is 0 Å². The van der Waals surface area contributed by atoms with E-state index in [4.69, 9.17) is 9.84 Å². The number of benzene rings is 1. The molecule has 1 fully saturated rings. The number of aromatic nitrogens is 3. The zero-order valence-corrected chi connectivity index (χ0v) is 13.7. The van der Waals surface area contributed by atoms with Crippen molar-refractivity contribution in [1.82, 2.24) is 19.9 Å². The highest BCUT2D eigenvalue weighted by atomic mass is 16.5. The van der Waals surface area contributed by atoms with Gasteiger partial charge in [0.25, 0.3) is 0 Å². The molecule has 1 N–H and O–H groups in total. The molecule has 0 radical (unpaired) electrons. The van der Waals surface area contributed by atoms with Gasteiger partial charge in [-0.15, -0.1) is 5.10 Å². The van der Waals surface area contributed by atoms with Crippen molar-refractivity contribution in [3.63, 3.8) is 0 Å². The van der Waals surface area contributed by atoms with Crippen molar-refractivity contribution in [2.45, 2.75) is 25.5 Å². The van der Waals surface area contributed by atoms with Crippen LogP contribution in [0.4, 0.5) is 0 Å². The molecule has 1 aliphatic rings. The number of aryl methyl sites for hydroxylation is 1. The number of aromatic carboxylic acids is 1. The molecular formula is C17H20N4O4. The fourth-order valence-electron chi connectivity index (χ4n) is 2.81. The van der Waals surface area contributed by atoms with Crippen LogP contribution in [-0.4, -0.2) is 62.7 Å². The lowest BCUT2D eigenvalue weighted by Gasteiger charge is -2.33. The molecule has 132 valence electrons. The normalized spacial score (nSPS) is 17.4. The first kappa shape index (κ1) is 17.1. The van der Waals surface area contributed by atoms with Gasteiger partial charge in [-0.3, -0.25) is 4.79 Å². The van der Waals surface area contributed by atoms with Gasteiger partial charge in [0.1, 0.15) is 6.54 Å². The van der Waals surface area contributed by atoms with Crippen molar-refractivity contribution in [3.05, 3.63) is 47.8 Å². The van der Waals surface area contributed by atoms with Crippen molar-refractivity contribution in [3.8, 4) is 0 Å². The van der Waals surface area contributed by atoms with Gasteiger partial charge in [-0.05, 0) is 18.4 Å². The smallest absolute Gasteiger partial charge is 0.358 e. The Labute approximate surface area is 145 Å². The zero-order valence-electron chi connectivity index (χ0n) is 13.7. The van der Waals surface area contributed by atoms with Gasteiger partial charge in [-0.25, -0.2) is 9.48 Å². The maximum Gasteiger partial charge on any atom is 0.358 e. The highest BCUT2D eigenvalue weighted by molar-refractivity contribution is 5.84. The first-order chi connectivity index (χ1) is 12.1. The van der Waals surface area contributed by atoms with Gasteiger partial charge < -0.3 is 14.7 Å². The fraction of sp³-hybridized carbons (Fsp3) is 0.412. The molecule has 2 heterocycles. The SMILES string of the molecule is O=C(O)c1cn(CC(=O)N2CCOC(CCc3ccccc3)C2)nn1. The van der Waals surface area contributed by atoms with E-state index in [-0.39, 0.29) is 24.2 Å². The third kappa shape index (κ3) is 4.63. The number of carbonyl (C=O) groups is 2. The number of carbonyl (C=O) groups excluding carboxylic acids is 1. The lowest BCUT2D eigenvalue weighted by atomic mass is 10.1. The van der Waals surface area contributed by atoms with Crippen molar-refractivity contribution >= 4 is 11.9 Å². The quantitative estimate of drug-likeness (QED) is 0.834. The summed E-state index contributed by atoms with van der Waals surface area (Å²) in [5.41, 5.74) is 1.08. The van der Waals surface area contributed by atoms with E-state index >= 15 is 0 Å². The van der Waals surface area contributed by atoms with Gasteiger partial charge in [0, 0.05) is 13.1 Å². The summed E-state index contributed by atoms with van der Waals surface area (Å²) >= 11 is 0. The Kier molecular flexibility index (Phi) is 5.39. The van der Waals surface area contributed by atoms with Crippen LogP contribution in [-0.2, 0) is 22.5 Å². The second-order valence-corrected chi connectivity index (χ2v) is 5.96. The summed E-state index contributed by atoms with van der Waals surface area (Å²) in [5, 5.41) is 16.0. The second-order valence-electron chi connectivity index (χ2n) is 5.96. The zero-order chi connectivity index (χ0) is 17.6. The predicted molar refractivity (Wildman–Crippen MR) is 88.1 cm³/mol. The predicted octanol–water partition coefficient (Wildman–Crippen LogP) is 0.836. The lowest BCUT2D eigenvalue weighted by Crippen LogP contribution is -2.46. The molecule has 3 rings (SSSR count). The number of amides is 1. The highest BCUT2D eigenvalue weighted by Crippen LogP contribution is 2.13. The first-order valence-electron chi connectivity index (χ1n) is 8.18. The van der Waals surface area contributed by atoms with E-state index in [0.29, 0.717) is 19.7 Å². The molecular weight excluding hydrogens is 324 g/mol. The Morgan fingerprint density at radius 3 is 2.80 bits per heavy atom. The molecule has 0 saturated carbocycles. The monoisotopic (exact) mass is 344 g/mol. The molecule has 1 saturated heterocycles. The number of carboxylic acid groups (broad SMARTS) is 1. The van der Waals surface area contributed by atoms with Crippen LogP contribution >= 0.6 is 0 Å². The maximum atomic E-state index is 12.4. The summed E-state index contributed by atoms with van der Waals surface area (Å²) in [6.45, 7) is 1.54. The summed E-state index contributed by atoms with van der Waals surface area (Å²) in [7, 11) is 0. The van der Waals surface area contributed by atoms with Crippen LogP contribution in [0.5, 0.6) is 0 Å². The summed E-state index contributed by atoms with van der Waals surface area (Å²) in [4.78, 5) is 24.9. The summed E-state index contributed by atoms with van der Waals surface area (Å²) < 4.78 is 7.01. The standard InChI is InChI=1S/C17H20N4O4/c22-16(12-21-11-15(17(23)24)18-19-21)20-8-9-25-14(10-20)7-6-13-4-2-1-3-5-13/h1-5,11,14H,6-10,12H2,(H,23,24). The van der Waals surface area contributed by atoms with E-state index in [1.807, 2.05) is 18.2 Å². The molecule has 0 aliphatic carbocycles. The largest absolute Gasteiger partial charge is 0.476 e. The van der Waals surface area contributed by atoms with Crippen molar-refractivity contribution < 1.29 is 19.4 Å². The van der Waals surface area contributed by atoms with Crippen LogP contribution in [0.3, 0.4) is 0 Å². The molecule has 1 aromatic heterocycles. The Balaban J connectivity index is 1.51. The van der Waals surface area contributed by atoms with Crippen molar-refractivity contribution in [2.24, 2.45) is 0 Å². The molecule has 1 atom stereocenters. The molecule has 8 heteroatoms. The Morgan fingerprint density at radius 2 is 2.08 bits per heavy atom. The van der Waals surface area contributed by atoms with Crippen LogP contribution in [0.2, 0.25) is 0 Å². The number of hydrogen-bond donors (Lipinski definition) is 1. The van der Waals surface area contributed by atoms with Gasteiger partial charge in [0.2, 0.25) is 5.91 Å². The highest BCUT2D eigenvalue weighted by Gasteiger charge is 2.24. The number of ether oxygens (including phenoxy) is 1. The van der Waals surface area contributed by atoms with Crippen molar-refractivity contribution in [1.29, 1.82) is 0 Å². The number of hydrogen-bond acceptors (Lipinski definition) is 5. The van der Waals surface area contributed by atoms with E-state index in [9.17, 15) is 9.59 Å². The molecule has 25 heavy (non-hydrogen) atoms. The topological polar surface area (TPSA) is 97.5 Å². The van der Waals surface area contributed by atoms with Gasteiger partial charge >= 0.3 is 5.97 Å². The molecule has 2 aromatic rings. The van der Waals surface area contributed by atoms with E-state index < -0.39 is 5.97 Å². The number of morpholine rings is 1. The molecule has 8 nitrogen and oxygen atoms in total. The van der Waals surface area contributed by atoms with Gasteiger partial charge in [-0.1, -0.05) is 35.5 Å². The maximum absolute atomic E-state index is 12.4. The molecule has 0 spiro atoms. The van der Waals surface area contributed by atoms with Crippen LogP contribution in [0.25, 0.3) is 0 Å². The molecule has 1 amide bonds. The van der Waals surface area contributed by atoms with Crippen LogP contribution in [0, 0.1) is 0 Å². The van der Waals surface area contributed by atoms with Crippen LogP contribution in [0.15, 0.2) is 36.5 Å². The van der Waals surface area contributed by atoms with E-state index in [1.54, 1.807) is 4.90 Å². The van der Waals surface area contributed by atoms with E-state index in [1.165, 1.54) is 16.4 Å². The Morgan fingerprint density at radius 1 is 1.28 bits per heavy atom. The number of rotatable bonds is 6. The van der Waals surface area contributed by atoms with E-state index in [2.05, 4.69) is 22.4 Å². The van der Waals surface area contributed by atoms with Gasteiger partial charge in [0.15, 0.2) is 5.69 Å². The summed E-state index contributed by atoms with van der Waals surface area (Å²) in [6.07, 6.45) is 3.01.